The highest BCUT2D eigenvalue weighted by molar-refractivity contribution is 7.09. The first-order valence-corrected chi connectivity index (χ1v) is 9.46. The molecule has 2 aromatic heterocycles. The van der Waals surface area contributed by atoms with Crippen LogP contribution in [0.4, 0.5) is 5.82 Å². The maximum Gasteiger partial charge on any atom is 0.222 e. The maximum absolute atomic E-state index is 12.3. The van der Waals surface area contributed by atoms with Crippen LogP contribution in [0.3, 0.4) is 0 Å². The third-order valence-electron chi connectivity index (χ3n) is 4.39. The van der Waals surface area contributed by atoms with E-state index in [-0.39, 0.29) is 0 Å². The summed E-state index contributed by atoms with van der Waals surface area (Å²) in [6.45, 7) is 3.59. The van der Waals surface area contributed by atoms with Gasteiger partial charge in [0.1, 0.15) is 5.82 Å². The molecule has 2 aromatic rings. The fourth-order valence-corrected chi connectivity index (χ4v) is 3.74. The number of likely N-dealkylation sites (tertiary alicyclic amines) is 1. The summed E-state index contributed by atoms with van der Waals surface area (Å²) in [7, 11) is 0. The number of nitrogens with zero attached hydrogens (tertiary/aromatic N) is 3. The van der Waals surface area contributed by atoms with Crippen LogP contribution >= 0.6 is 11.3 Å². The number of piperidine rings is 1. The molecular weight excluding hydrogens is 320 g/mol. The molecule has 0 unspecified atom stereocenters. The lowest BCUT2D eigenvalue weighted by Crippen LogP contribution is -2.42. The summed E-state index contributed by atoms with van der Waals surface area (Å²) in [5, 5.41) is 13.7. The van der Waals surface area contributed by atoms with Gasteiger partial charge in [-0.1, -0.05) is 6.07 Å². The summed E-state index contributed by atoms with van der Waals surface area (Å²) in [5.74, 6) is 1.11. The van der Waals surface area contributed by atoms with Gasteiger partial charge in [0, 0.05) is 30.4 Å². The standard InChI is InChI=1S/C18H24N4OS/c1-14-7-8-17(21-20-14)19-15-9-11-22(12-10-15)18(23)6-2-4-16-5-3-13-24-16/h3,5,7-8,13,15H,2,4,6,9-12H2,1H3,(H,19,21). The molecule has 1 fully saturated rings. The first-order chi connectivity index (χ1) is 11.7. The zero-order chi connectivity index (χ0) is 16.8. The minimum atomic E-state index is 0.292. The number of carbonyl (C=O) groups excluding carboxylic acids is 1. The summed E-state index contributed by atoms with van der Waals surface area (Å²) in [6, 6.07) is 8.50. The van der Waals surface area contributed by atoms with Crippen LogP contribution in [-0.2, 0) is 11.2 Å². The van der Waals surface area contributed by atoms with Crippen LogP contribution in [-0.4, -0.2) is 40.1 Å². The second kappa shape index (κ2) is 8.24. The van der Waals surface area contributed by atoms with Crippen LogP contribution in [0.15, 0.2) is 29.6 Å². The van der Waals surface area contributed by atoms with Gasteiger partial charge in [0.2, 0.25) is 5.91 Å². The predicted octanol–water partition coefficient (Wildman–Crippen LogP) is 3.27. The number of aromatic nitrogens is 2. The average Bonchev–Trinajstić information content (AvgIpc) is 3.11. The first-order valence-electron chi connectivity index (χ1n) is 8.58. The predicted molar refractivity (Wildman–Crippen MR) is 97.3 cm³/mol. The summed E-state index contributed by atoms with van der Waals surface area (Å²) in [4.78, 5) is 15.7. The summed E-state index contributed by atoms with van der Waals surface area (Å²) < 4.78 is 0. The molecule has 1 aliphatic heterocycles. The fourth-order valence-electron chi connectivity index (χ4n) is 2.99. The average molecular weight is 344 g/mol. The van der Waals surface area contributed by atoms with Gasteiger partial charge < -0.3 is 10.2 Å². The Morgan fingerprint density at radius 2 is 2.12 bits per heavy atom. The Balaban J connectivity index is 1.38. The quantitative estimate of drug-likeness (QED) is 0.874. The Morgan fingerprint density at radius 1 is 1.29 bits per heavy atom. The molecule has 6 heteroatoms. The lowest BCUT2D eigenvalue weighted by Gasteiger charge is -2.32. The van der Waals surface area contributed by atoms with Gasteiger partial charge >= 0.3 is 0 Å². The summed E-state index contributed by atoms with van der Waals surface area (Å²) in [5.41, 5.74) is 0.920. The number of hydrogen-bond donors (Lipinski definition) is 1. The largest absolute Gasteiger partial charge is 0.366 e. The molecule has 24 heavy (non-hydrogen) atoms. The Hall–Kier alpha value is -1.95. The molecule has 1 aliphatic rings. The van der Waals surface area contributed by atoms with E-state index in [2.05, 4.69) is 33.0 Å². The Bertz CT molecular complexity index is 634. The van der Waals surface area contributed by atoms with Crippen molar-refractivity contribution >= 4 is 23.1 Å². The topological polar surface area (TPSA) is 58.1 Å². The fraction of sp³-hybridized carbons (Fsp3) is 0.500. The highest BCUT2D eigenvalue weighted by Crippen LogP contribution is 2.17. The molecule has 3 heterocycles. The number of carbonyl (C=O) groups is 1. The minimum absolute atomic E-state index is 0.292. The highest BCUT2D eigenvalue weighted by atomic mass is 32.1. The molecule has 0 aromatic carbocycles. The van der Waals surface area contributed by atoms with E-state index < -0.39 is 0 Å². The summed E-state index contributed by atoms with van der Waals surface area (Å²) in [6.07, 6.45) is 4.53. The van der Waals surface area contributed by atoms with E-state index in [0.29, 0.717) is 18.4 Å². The van der Waals surface area contributed by atoms with Crippen molar-refractivity contribution in [2.45, 2.75) is 45.1 Å². The number of amides is 1. The van der Waals surface area contributed by atoms with Crippen molar-refractivity contribution in [1.82, 2.24) is 15.1 Å². The van der Waals surface area contributed by atoms with Crippen molar-refractivity contribution < 1.29 is 4.79 Å². The number of thiophene rings is 1. The van der Waals surface area contributed by atoms with Crippen molar-refractivity contribution in [2.75, 3.05) is 18.4 Å². The Labute approximate surface area is 147 Å². The van der Waals surface area contributed by atoms with Crippen molar-refractivity contribution in [3.05, 3.63) is 40.2 Å². The van der Waals surface area contributed by atoms with Crippen LogP contribution in [0.5, 0.6) is 0 Å². The van der Waals surface area contributed by atoms with Gasteiger partial charge in [0.05, 0.1) is 5.69 Å². The van der Waals surface area contributed by atoms with Gasteiger partial charge in [-0.15, -0.1) is 16.4 Å². The second-order valence-corrected chi connectivity index (χ2v) is 7.32. The molecule has 0 bridgehead atoms. The van der Waals surface area contributed by atoms with Gasteiger partial charge in [-0.3, -0.25) is 4.79 Å². The molecule has 1 saturated heterocycles. The molecule has 0 radical (unpaired) electrons. The Morgan fingerprint density at radius 3 is 2.79 bits per heavy atom. The van der Waals surface area contributed by atoms with Gasteiger partial charge in [-0.05, 0) is 56.2 Å². The van der Waals surface area contributed by atoms with E-state index in [1.54, 1.807) is 11.3 Å². The first kappa shape index (κ1) is 16.9. The molecule has 0 atom stereocenters. The molecular formula is C18H24N4OS. The molecule has 0 saturated carbocycles. The number of rotatable bonds is 6. The Kier molecular flexibility index (Phi) is 5.80. The third kappa shape index (κ3) is 4.77. The molecule has 0 aliphatic carbocycles. The molecule has 1 amide bonds. The zero-order valence-electron chi connectivity index (χ0n) is 14.1. The highest BCUT2D eigenvalue weighted by Gasteiger charge is 2.22. The van der Waals surface area contributed by atoms with E-state index in [0.717, 1.165) is 50.3 Å². The van der Waals surface area contributed by atoms with E-state index in [9.17, 15) is 4.79 Å². The number of hydrogen-bond acceptors (Lipinski definition) is 5. The van der Waals surface area contributed by atoms with Crippen LogP contribution in [0.2, 0.25) is 0 Å². The van der Waals surface area contributed by atoms with E-state index >= 15 is 0 Å². The van der Waals surface area contributed by atoms with E-state index in [1.807, 2.05) is 24.0 Å². The van der Waals surface area contributed by atoms with Gasteiger partial charge in [0.25, 0.3) is 0 Å². The van der Waals surface area contributed by atoms with Crippen LogP contribution in [0.25, 0.3) is 0 Å². The van der Waals surface area contributed by atoms with Crippen LogP contribution in [0, 0.1) is 6.92 Å². The monoisotopic (exact) mass is 344 g/mol. The smallest absolute Gasteiger partial charge is 0.222 e. The van der Waals surface area contributed by atoms with Crippen molar-refractivity contribution in [3.63, 3.8) is 0 Å². The molecule has 1 N–H and O–H groups in total. The minimum Gasteiger partial charge on any atom is -0.366 e. The second-order valence-electron chi connectivity index (χ2n) is 6.29. The van der Waals surface area contributed by atoms with Gasteiger partial charge in [-0.2, -0.15) is 5.10 Å². The van der Waals surface area contributed by atoms with Gasteiger partial charge in [0.15, 0.2) is 0 Å². The maximum atomic E-state index is 12.3. The zero-order valence-corrected chi connectivity index (χ0v) is 14.9. The molecule has 3 rings (SSSR count). The number of nitrogens with one attached hydrogen (secondary N) is 1. The molecule has 5 nitrogen and oxygen atoms in total. The van der Waals surface area contributed by atoms with Crippen LogP contribution in [0.1, 0.15) is 36.3 Å². The van der Waals surface area contributed by atoms with Crippen molar-refractivity contribution in [2.24, 2.45) is 0 Å². The number of anilines is 1. The van der Waals surface area contributed by atoms with Gasteiger partial charge in [-0.25, -0.2) is 0 Å². The SMILES string of the molecule is Cc1ccc(NC2CCN(C(=O)CCCc3cccs3)CC2)nn1. The van der Waals surface area contributed by atoms with E-state index in [4.69, 9.17) is 0 Å². The van der Waals surface area contributed by atoms with Crippen LogP contribution < -0.4 is 5.32 Å². The van der Waals surface area contributed by atoms with E-state index in [1.165, 1.54) is 4.88 Å². The summed E-state index contributed by atoms with van der Waals surface area (Å²) >= 11 is 1.77. The third-order valence-corrected chi connectivity index (χ3v) is 5.33. The lowest BCUT2D eigenvalue weighted by molar-refractivity contribution is -0.132. The lowest BCUT2D eigenvalue weighted by atomic mass is 10.0. The van der Waals surface area contributed by atoms with Crippen molar-refractivity contribution in [1.29, 1.82) is 0 Å². The number of aryl methyl sites for hydroxylation is 2. The van der Waals surface area contributed by atoms with Crippen molar-refractivity contribution in [3.8, 4) is 0 Å². The molecule has 0 spiro atoms. The normalized spacial score (nSPS) is 15.5. The molecule has 128 valence electrons.